The molecule has 0 amide bonds. The minimum Gasteiger partial charge on any atom is -0.223 e. The minimum absolute atomic E-state index is 0.0226. The van der Waals surface area contributed by atoms with Crippen LogP contribution in [0.1, 0.15) is 53.5 Å². The average molecular weight is 409 g/mol. The first-order valence-electron chi connectivity index (χ1n) is 8.94. The summed E-state index contributed by atoms with van der Waals surface area (Å²) in [4.78, 5) is 0.399. The second-order valence-corrected chi connectivity index (χ2v) is 13.0. The topological polar surface area (TPSA) is 68.3 Å². The molecule has 0 aliphatic rings. The fourth-order valence-corrected chi connectivity index (χ4v) is 5.04. The van der Waals surface area contributed by atoms with Crippen LogP contribution >= 0.6 is 0 Å². The van der Waals surface area contributed by atoms with Crippen molar-refractivity contribution in [1.82, 2.24) is 0 Å². The molecule has 0 N–H and O–H groups in total. The summed E-state index contributed by atoms with van der Waals surface area (Å²) in [5.41, 5.74) is 1.06. The number of rotatable bonds is 5. The van der Waals surface area contributed by atoms with Gasteiger partial charge in [-0.1, -0.05) is 32.9 Å². The summed E-state index contributed by atoms with van der Waals surface area (Å²) < 4.78 is 49.8. The maximum Gasteiger partial charge on any atom is 0.206 e. The van der Waals surface area contributed by atoms with E-state index in [-0.39, 0.29) is 20.1 Å². The van der Waals surface area contributed by atoms with Crippen LogP contribution < -0.4 is 0 Å². The summed E-state index contributed by atoms with van der Waals surface area (Å²) in [6.45, 7) is 11.2. The zero-order valence-corrected chi connectivity index (χ0v) is 18.4. The molecule has 2 aromatic rings. The molecule has 0 unspecified atom stereocenters. The van der Waals surface area contributed by atoms with Gasteiger partial charge in [0.15, 0.2) is 9.84 Å². The van der Waals surface area contributed by atoms with E-state index in [2.05, 4.69) is 20.8 Å². The molecule has 0 saturated heterocycles. The SMILES string of the molecule is CCC(C)(C)c1ccc(S(=O)(=O)c2ccc(S(=O)(=O)C(C)(C)C)cc2)cc1. The summed E-state index contributed by atoms with van der Waals surface area (Å²) in [6, 6.07) is 12.4. The van der Waals surface area contributed by atoms with Crippen LogP contribution in [0.25, 0.3) is 0 Å². The summed E-state index contributed by atoms with van der Waals surface area (Å²) in [6.07, 6.45) is 0.947. The molecule has 0 aliphatic heterocycles. The van der Waals surface area contributed by atoms with Crippen LogP contribution in [0.4, 0.5) is 0 Å². The normalized spacial score (nSPS) is 13.6. The van der Waals surface area contributed by atoms with Crippen LogP contribution in [0, 0.1) is 0 Å². The van der Waals surface area contributed by atoms with Gasteiger partial charge >= 0.3 is 0 Å². The van der Waals surface area contributed by atoms with E-state index >= 15 is 0 Å². The predicted octanol–water partition coefficient (Wildman–Crippen LogP) is 4.78. The van der Waals surface area contributed by atoms with Gasteiger partial charge in [-0.3, -0.25) is 0 Å². The van der Waals surface area contributed by atoms with E-state index in [0.29, 0.717) is 0 Å². The molecule has 2 aromatic carbocycles. The standard InChI is InChI=1S/C21H28O4S2/c1-7-21(5,6)16-8-10-17(11-9-16)26(22,23)18-12-14-19(15-13-18)27(24,25)20(2,3)4/h8-15H,7H2,1-6H3. The van der Waals surface area contributed by atoms with Crippen LogP contribution in [0.15, 0.2) is 63.2 Å². The fraction of sp³-hybridized carbons (Fsp3) is 0.429. The Morgan fingerprint density at radius 2 is 1.04 bits per heavy atom. The summed E-state index contributed by atoms with van der Waals surface area (Å²) in [5.74, 6) is 0. The Balaban J connectivity index is 2.41. The van der Waals surface area contributed by atoms with E-state index in [0.717, 1.165) is 12.0 Å². The molecule has 0 spiro atoms. The summed E-state index contributed by atoms with van der Waals surface area (Å²) in [5, 5.41) is 0. The molecule has 148 valence electrons. The van der Waals surface area contributed by atoms with Crippen LogP contribution in [0.5, 0.6) is 0 Å². The van der Waals surface area contributed by atoms with Crippen LogP contribution in [-0.4, -0.2) is 21.6 Å². The average Bonchev–Trinajstić information content (AvgIpc) is 2.61. The molecule has 27 heavy (non-hydrogen) atoms. The number of hydrogen-bond donors (Lipinski definition) is 0. The second-order valence-electron chi connectivity index (χ2n) is 8.35. The lowest BCUT2D eigenvalue weighted by Gasteiger charge is -2.23. The zero-order chi connectivity index (χ0) is 20.7. The second kappa shape index (κ2) is 7.06. The van der Waals surface area contributed by atoms with Gasteiger partial charge in [-0.25, -0.2) is 16.8 Å². The molecule has 0 radical (unpaired) electrons. The Kier molecular flexibility index (Phi) is 5.66. The van der Waals surface area contributed by atoms with Crippen molar-refractivity contribution in [3.8, 4) is 0 Å². The Morgan fingerprint density at radius 3 is 1.41 bits per heavy atom. The van der Waals surface area contributed by atoms with Crippen molar-refractivity contribution in [2.75, 3.05) is 0 Å². The van der Waals surface area contributed by atoms with E-state index in [1.807, 2.05) is 12.1 Å². The molecule has 0 saturated carbocycles. The van der Waals surface area contributed by atoms with E-state index in [9.17, 15) is 16.8 Å². The molecule has 0 bridgehead atoms. The van der Waals surface area contributed by atoms with Gasteiger partial charge in [0.1, 0.15) is 0 Å². The lowest BCUT2D eigenvalue weighted by molar-refractivity contribution is 0.506. The van der Waals surface area contributed by atoms with E-state index in [1.54, 1.807) is 32.9 Å². The van der Waals surface area contributed by atoms with Crippen LogP contribution in [0.2, 0.25) is 0 Å². The molecule has 0 atom stereocenters. The maximum atomic E-state index is 12.9. The van der Waals surface area contributed by atoms with Gasteiger partial charge < -0.3 is 0 Å². The molecule has 0 aromatic heterocycles. The Morgan fingerprint density at radius 1 is 0.667 bits per heavy atom. The summed E-state index contributed by atoms with van der Waals surface area (Å²) >= 11 is 0. The van der Waals surface area contributed by atoms with Crippen molar-refractivity contribution in [3.05, 3.63) is 54.1 Å². The molecular formula is C21H28O4S2. The molecular weight excluding hydrogens is 380 g/mol. The van der Waals surface area contributed by atoms with E-state index in [1.165, 1.54) is 24.3 Å². The smallest absolute Gasteiger partial charge is 0.206 e. The summed E-state index contributed by atoms with van der Waals surface area (Å²) in [7, 11) is -7.22. The van der Waals surface area contributed by atoms with Crippen LogP contribution in [0.3, 0.4) is 0 Å². The Bertz CT molecular complexity index is 1010. The van der Waals surface area contributed by atoms with Gasteiger partial charge in [0.25, 0.3) is 0 Å². The quantitative estimate of drug-likeness (QED) is 0.714. The minimum atomic E-state index is -3.70. The van der Waals surface area contributed by atoms with Gasteiger partial charge in [-0.2, -0.15) is 0 Å². The van der Waals surface area contributed by atoms with Crippen molar-refractivity contribution in [1.29, 1.82) is 0 Å². The Labute approximate surface area is 163 Å². The highest BCUT2D eigenvalue weighted by molar-refractivity contribution is 7.93. The number of benzene rings is 2. The fourth-order valence-electron chi connectivity index (χ4n) is 2.58. The van der Waals surface area contributed by atoms with E-state index < -0.39 is 24.4 Å². The van der Waals surface area contributed by atoms with Crippen molar-refractivity contribution >= 4 is 19.7 Å². The molecule has 4 nitrogen and oxygen atoms in total. The first kappa shape index (κ1) is 21.6. The molecule has 2 rings (SSSR count). The first-order chi connectivity index (χ1) is 12.2. The third kappa shape index (κ3) is 4.11. The molecule has 6 heteroatoms. The maximum absolute atomic E-state index is 12.9. The van der Waals surface area contributed by atoms with Gasteiger partial charge in [-0.05, 0) is 74.6 Å². The van der Waals surface area contributed by atoms with Crippen molar-refractivity contribution in [2.45, 2.75) is 72.8 Å². The van der Waals surface area contributed by atoms with E-state index in [4.69, 9.17) is 0 Å². The van der Waals surface area contributed by atoms with Crippen molar-refractivity contribution in [2.24, 2.45) is 0 Å². The largest absolute Gasteiger partial charge is 0.223 e. The zero-order valence-electron chi connectivity index (χ0n) is 16.8. The third-order valence-corrected chi connectivity index (χ3v) is 9.37. The predicted molar refractivity (Wildman–Crippen MR) is 109 cm³/mol. The Hall–Kier alpha value is -1.66. The molecule has 0 heterocycles. The highest BCUT2D eigenvalue weighted by atomic mass is 32.2. The monoisotopic (exact) mass is 408 g/mol. The van der Waals surface area contributed by atoms with Gasteiger partial charge in [0, 0.05) is 0 Å². The first-order valence-corrected chi connectivity index (χ1v) is 11.9. The molecule has 0 fully saturated rings. The highest BCUT2D eigenvalue weighted by Crippen LogP contribution is 2.30. The van der Waals surface area contributed by atoms with Gasteiger partial charge in [-0.15, -0.1) is 0 Å². The van der Waals surface area contributed by atoms with Gasteiger partial charge in [0.05, 0.1) is 19.4 Å². The third-order valence-electron chi connectivity index (χ3n) is 5.08. The van der Waals surface area contributed by atoms with Crippen molar-refractivity contribution < 1.29 is 16.8 Å². The number of hydrogen-bond acceptors (Lipinski definition) is 4. The molecule has 0 aliphatic carbocycles. The highest BCUT2D eigenvalue weighted by Gasteiger charge is 2.31. The van der Waals surface area contributed by atoms with Gasteiger partial charge in [0.2, 0.25) is 9.84 Å². The van der Waals surface area contributed by atoms with Crippen LogP contribution in [-0.2, 0) is 25.1 Å². The number of sulfone groups is 2. The lowest BCUT2D eigenvalue weighted by Crippen LogP contribution is -2.27. The lowest BCUT2D eigenvalue weighted by atomic mass is 9.82. The van der Waals surface area contributed by atoms with Crippen molar-refractivity contribution in [3.63, 3.8) is 0 Å².